The van der Waals surface area contributed by atoms with Crippen molar-refractivity contribution in [2.24, 2.45) is 0 Å². The molecule has 2 aliphatic heterocycles. The van der Waals surface area contributed by atoms with Crippen molar-refractivity contribution in [2.75, 3.05) is 28.4 Å². The van der Waals surface area contributed by atoms with Gasteiger partial charge in [0.2, 0.25) is 0 Å². The number of methoxy groups -OCH3 is 4. The van der Waals surface area contributed by atoms with Gasteiger partial charge in [-0.25, -0.2) is 9.59 Å². The summed E-state index contributed by atoms with van der Waals surface area (Å²) in [4.78, 5) is 21.6. The third-order valence-electron chi connectivity index (χ3n) is 4.58. The van der Waals surface area contributed by atoms with Crippen molar-refractivity contribution < 1.29 is 68.6 Å². The van der Waals surface area contributed by atoms with Crippen LogP contribution in [0.25, 0.3) is 0 Å². The van der Waals surface area contributed by atoms with Crippen molar-refractivity contribution >= 4 is 11.9 Å². The summed E-state index contributed by atoms with van der Waals surface area (Å²) in [5.41, 5.74) is 0. The minimum absolute atomic E-state index is 1.12. The molecule has 10 atom stereocenters. The second-order valence-corrected chi connectivity index (χ2v) is 6.36. The Morgan fingerprint density at radius 2 is 0.900 bits per heavy atom. The van der Waals surface area contributed by atoms with Gasteiger partial charge in [0.1, 0.15) is 36.6 Å². The van der Waals surface area contributed by atoms with Crippen LogP contribution < -0.4 is 0 Å². The number of rotatable bonds is 6. The van der Waals surface area contributed by atoms with Crippen LogP contribution in [0.3, 0.4) is 0 Å². The Balaban J connectivity index is 0.000000300. The fraction of sp³-hybridized carbons (Fsp3) is 0.875. The van der Waals surface area contributed by atoms with Crippen molar-refractivity contribution in [2.45, 2.75) is 61.4 Å². The first-order valence-corrected chi connectivity index (χ1v) is 8.65. The summed E-state index contributed by atoms with van der Waals surface area (Å²) in [6, 6.07) is 0. The number of carboxylic acids is 2. The van der Waals surface area contributed by atoms with Crippen LogP contribution in [-0.4, -0.2) is 132 Å². The van der Waals surface area contributed by atoms with Crippen LogP contribution in [0.4, 0.5) is 0 Å². The van der Waals surface area contributed by atoms with Gasteiger partial charge in [-0.15, -0.1) is 0 Å². The normalized spacial score (nSPS) is 41.5. The Morgan fingerprint density at radius 3 is 1.10 bits per heavy atom. The molecule has 30 heavy (non-hydrogen) atoms. The van der Waals surface area contributed by atoms with Crippen molar-refractivity contribution in [3.63, 3.8) is 0 Å². The average Bonchev–Trinajstić information content (AvgIpc) is 2.71. The summed E-state index contributed by atoms with van der Waals surface area (Å²) in [5, 5.41) is 55.7. The molecule has 0 aromatic rings. The number of aliphatic hydroxyl groups is 4. The Kier molecular flexibility index (Phi) is 10.5. The minimum atomic E-state index is -1.37. The third kappa shape index (κ3) is 5.82. The summed E-state index contributed by atoms with van der Waals surface area (Å²) in [6.45, 7) is 0. The minimum Gasteiger partial charge on any atom is -0.479 e. The molecule has 2 rings (SSSR count). The highest BCUT2D eigenvalue weighted by Crippen LogP contribution is 2.24. The lowest BCUT2D eigenvalue weighted by Crippen LogP contribution is -2.60. The molecule has 0 spiro atoms. The van der Waals surface area contributed by atoms with Gasteiger partial charge in [0.25, 0.3) is 0 Å². The van der Waals surface area contributed by atoms with Crippen LogP contribution >= 0.6 is 0 Å². The summed E-state index contributed by atoms with van der Waals surface area (Å²) >= 11 is 0. The smallest absolute Gasteiger partial charge is 0.335 e. The summed E-state index contributed by atoms with van der Waals surface area (Å²) < 4.78 is 28.8. The molecule has 0 aliphatic carbocycles. The van der Waals surface area contributed by atoms with Gasteiger partial charge in [0.15, 0.2) is 24.8 Å². The first kappa shape index (κ1) is 26.6. The maximum absolute atomic E-state index is 10.8. The quantitative estimate of drug-likeness (QED) is 0.233. The highest BCUT2D eigenvalue weighted by atomic mass is 16.7. The van der Waals surface area contributed by atoms with E-state index in [1.807, 2.05) is 0 Å². The van der Waals surface area contributed by atoms with Gasteiger partial charge in [0.05, 0.1) is 0 Å². The molecule has 2 heterocycles. The number of aliphatic hydroxyl groups excluding tert-OH is 4. The van der Waals surface area contributed by atoms with Crippen LogP contribution in [0.5, 0.6) is 0 Å². The molecule has 10 unspecified atom stereocenters. The van der Waals surface area contributed by atoms with E-state index in [1.54, 1.807) is 0 Å². The molecule has 0 bridgehead atoms. The van der Waals surface area contributed by atoms with E-state index in [-0.39, 0.29) is 0 Å². The van der Waals surface area contributed by atoms with Gasteiger partial charge in [-0.2, -0.15) is 0 Å². The Bertz CT molecular complexity index is 510. The van der Waals surface area contributed by atoms with Crippen LogP contribution in [0.1, 0.15) is 0 Å². The average molecular weight is 444 g/mol. The Labute approximate surface area is 171 Å². The Morgan fingerprint density at radius 1 is 0.600 bits per heavy atom. The van der Waals surface area contributed by atoms with E-state index in [0.717, 1.165) is 0 Å². The molecule has 2 aliphatic rings. The van der Waals surface area contributed by atoms with E-state index >= 15 is 0 Å². The van der Waals surface area contributed by atoms with Gasteiger partial charge in [-0.3, -0.25) is 0 Å². The largest absolute Gasteiger partial charge is 0.479 e. The zero-order valence-electron chi connectivity index (χ0n) is 16.7. The predicted octanol–water partition coefficient (Wildman–Crippen LogP) is -3.64. The second kappa shape index (κ2) is 11.8. The molecule has 0 radical (unpaired) electrons. The number of hydrogen-bond donors (Lipinski definition) is 6. The van der Waals surface area contributed by atoms with Crippen molar-refractivity contribution in [1.29, 1.82) is 0 Å². The highest BCUT2D eigenvalue weighted by Gasteiger charge is 2.49. The maximum atomic E-state index is 10.8. The molecule has 0 aromatic heterocycles. The topological polar surface area (TPSA) is 211 Å². The number of ether oxygens (including phenoxy) is 6. The first-order chi connectivity index (χ1) is 14.0. The van der Waals surface area contributed by atoms with Gasteiger partial charge >= 0.3 is 11.9 Å². The SMILES string of the molecule is COC1OC(C(=O)O)C(OC)C(O)C1O.COC1OC(C(=O)O)C(OC)C(O)C1O. The molecule has 0 saturated carbocycles. The van der Waals surface area contributed by atoms with Gasteiger partial charge in [-0.05, 0) is 0 Å². The molecule has 14 heteroatoms. The van der Waals surface area contributed by atoms with Crippen molar-refractivity contribution in [1.82, 2.24) is 0 Å². The highest BCUT2D eigenvalue weighted by molar-refractivity contribution is 5.73. The third-order valence-corrected chi connectivity index (χ3v) is 4.58. The number of carbonyl (C=O) groups is 2. The molecular formula is C16H28O14. The lowest BCUT2D eigenvalue weighted by atomic mass is 9.99. The summed E-state index contributed by atoms with van der Waals surface area (Å²) in [6.07, 6.45) is -12.7. The summed E-state index contributed by atoms with van der Waals surface area (Å²) in [5.74, 6) is -2.57. The van der Waals surface area contributed by atoms with E-state index in [9.17, 15) is 30.0 Å². The van der Waals surface area contributed by atoms with Gasteiger partial charge < -0.3 is 59.1 Å². The van der Waals surface area contributed by atoms with Gasteiger partial charge in [0, 0.05) is 28.4 Å². The van der Waals surface area contributed by atoms with E-state index in [0.29, 0.717) is 0 Å². The number of hydrogen-bond acceptors (Lipinski definition) is 12. The lowest BCUT2D eigenvalue weighted by molar-refractivity contribution is -0.290. The Hall–Kier alpha value is -1.46. The summed E-state index contributed by atoms with van der Waals surface area (Å²) in [7, 11) is 4.94. The zero-order chi connectivity index (χ0) is 23.2. The molecule has 176 valence electrons. The molecule has 6 N–H and O–H groups in total. The molecular weight excluding hydrogens is 416 g/mol. The molecule has 14 nitrogen and oxygen atoms in total. The number of aliphatic carboxylic acids is 2. The maximum Gasteiger partial charge on any atom is 0.335 e. The van der Waals surface area contributed by atoms with Crippen LogP contribution in [-0.2, 0) is 38.0 Å². The second-order valence-electron chi connectivity index (χ2n) is 6.36. The first-order valence-electron chi connectivity index (χ1n) is 8.65. The lowest BCUT2D eigenvalue weighted by Gasteiger charge is -2.39. The fourth-order valence-electron chi connectivity index (χ4n) is 2.99. The molecule has 0 aromatic carbocycles. The van der Waals surface area contributed by atoms with E-state index in [2.05, 4.69) is 0 Å². The standard InChI is InChI=1S/2C8H14O7/c2*1-13-5-3(9)4(10)8(14-2)15-6(5)7(11)12/h2*3-6,8-10H,1-2H3,(H,11,12). The van der Waals surface area contributed by atoms with E-state index < -0.39 is 73.4 Å². The monoisotopic (exact) mass is 444 g/mol. The van der Waals surface area contributed by atoms with Crippen LogP contribution in [0, 0.1) is 0 Å². The predicted molar refractivity (Wildman–Crippen MR) is 92.2 cm³/mol. The van der Waals surface area contributed by atoms with Crippen LogP contribution in [0.15, 0.2) is 0 Å². The molecule has 0 amide bonds. The van der Waals surface area contributed by atoms with Crippen molar-refractivity contribution in [3.05, 3.63) is 0 Å². The van der Waals surface area contributed by atoms with Crippen LogP contribution in [0.2, 0.25) is 0 Å². The molecule has 2 saturated heterocycles. The van der Waals surface area contributed by atoms with E-state index in [4.69, 9.17) is 38.6 Å². The molecule has 2 fully saturated rings. The zero-order valence-corrected chi connectivity index (χ0v) is 16.7. The van der Waals surface area contributed by atoms with E-state index in [1.165, 1.54) is 28.4 Å². The number of carboxylic acid groups (broad SMARTS) is 2. The van der Waals surface area contributed by atoms with Crippen molar-refractivity contribution in [3.8, 4) is 0 Å². The fourth-order valence-corrected chi connectivity index (χ4v) is 2.99. The van der Waals surface area contributed by atoms with Gasteiger partial charge in [-0.1, -0.05) is 0 Å².